The molecule has 0 saturated carbocycles. The van der Waals surface area contributed by atoms with E-state index in [1.807, 2.05) is 0 Å². The van der Waals surface area contributed by atoms with Crippen molar-refractivity contribution < 1.29 is 0 Å². The monoisotopic (exact) mass is 407 g/mol. The van der Waals surface area contributed by atoms with Crippen LogP contribution in [-0.2, 0) is 5.41 Å². The van der Waals surface area contributed by atoms with Gasteiger partial charge in [0.15, 0.2) is 0 Å². The van der Waals surface area contributed by atoms with Gasteiger partial charge in [-0.1, -0.05) is 82.4 Å². The summed E-state index contributed by atoms with van der Waals surface area (Å²) >= 11 is 0. The van der Waals surface area contributed by atoms with E-state index in [-0.39, 0.29) is 5.41 Å². The van der Waals surface area contributed by atoms with Crippen molar-refractivity contribution in [2.24, 2.45) is 17.8 Å². The second kappa shape index (κ2) is 7.41. The normalized spacial score (nSPS) is 22.8. The Bertz CT molecular complexity index is 1310. The first-order valence-electron chi connectivity index (χ1n) is 11.7. The van der Waals surface area contributed by atoms with Crippen LogP contribution in [0.2, 0.25) is 0 Å². The van der Waals surface area contributed by atoms with E-state index >= 15 is 0 Å². The van der Waals surface area contributed by atoms with E-state index in [0.717, 1.165) is 6.42 Å². The van der Waals surface area contributed by atoms with Crippen LogP contribution in [0.25, 0.3) is 28.7 Å². The summed E-state index contributed by atoms with van der Waals surface area (Å²) in [6.45, 7) is 11.8. The lowest BCUT2D eigenvalue weighted by atomic mass is 9.66. The topological polar surface area (TPSA) is 4.93 Å². The molecule has 3 unspecified atom stereocenters. The lowest BCUT2D eigenvalue weighted by Gasteiger charge is -2.38. The number of hydrogen-bond acceptors (Lipinski definition) is 0. The van der Waals surface area contributed by atoms with Gasteiger partial charge in [0.1, 0.15) is 0 Å². The Morgan fingerprint density at radius 3 is 2.45 bits per heavy atom. The maximum atomic E-state index is 2.49. The molecule has 3 atom stereocenters. The second-order valence-corrected chi connectivity index (χ2v) is 10.1. The molecule has 0 radical (unpaired) electrons. The Kier molecular flexibility index (Phi) is 4.81. The average Bonchev–Trinajstić information content (AvgIpc) is 3.06. The highest BCUT2D eigenvalue weighted by atomic mass is 15.0. The Labute approximate surface area is 186 Å². The molecule has 0 fully saturated rings. The molecular weight excluding hydrogens is 374 g/mol. The quantitative estimate of drug-likeness (QED) is 0.487. The molecule has 5 rings (SSSR count). The molecule has 0 amide bonds. The highest BCUT2D eigenvalue weighted by Crippen LogP contribution is 2.41. The number of allylic oxidation sites excluding steroid dienone is 4. The summed E-state index contributed by atoms with van der Waals surface area (Å²) in [5.74, 6) is 1.59. The van der Waals surface area contributed by atoms with Crippen molar-refractivity contribution in [1.29, 1.82) is 0 Å². The summed E-state index contributed by atoms with van der Waals surface area (Å²) < 4.78 is 2.48. The van der Waals surface area contributed by atoms with Crippen LogP contribution in [-0.4, -0.2) is 4.57 Å². The van der Waals surface area contributed by atoms with Crippen LogP contribution in [0.4, 0.5) is 0 Å². The minimum Gasteiger partial charge on any atom is -0.310 e. The van der Waals surface area contributed by atoms with Crippen LogP contribution in [0.1, 0.15) is 45.2 Å². The summed E-state index contributed by atoms with van der Waals surface area (Å²) in [5.41, 5.74) is 5.47. The van der Waals surface area contributed by atoms with Gasteiger partial charge in [0.05, 0.1) is 10.9 Å². The fourth-order valence-electron chi connectivity index (χ4n) is 5.85. The van der Waals surface area contributed by atoms with E-state index in [0.29, 0.717) is 17.8 Å². The van der Waals surface area contributed by atoms with Crippen LogP contribution >= 0.6 is 0 Å². The fraction of sp³-hybridized carbons (Fsp3) is 0.333. The highest BCUT2D eigenvalue weighted by molar-refractivity contribution is 5.86. The first-order chi connectivity index (χ1) is 14.9. The summed E-state index contributed by atoms with van der Waals surface area (Å²) in [4.78, 5) is 0. The zero-order chi connectivity index (χ0) is 21.8. The smallest absolute Gasteiger partial charge is 0.0543 e. The van der Waals surface area contributed by atoms with Crippen LogP contribution < -0.4 is 10.6 Å². The van der Waals surface area contributed by atoms with Crippen molar-refractivity contribution >= 4 is 23.1 Å². The molecule has 0 bridgehead atoms. The molecule has 0 aliphatic heterocycles. The Morgan fingerprint density at radius 1 is 0.968 bits per heavy atom. The molecule has 0 saturated heterocycles. The zero-order valence-electron chi connectivity index (χ0n) is 19.4. The zero-order valence-corrected chi connectivity index (χ0v) is 19.4. The van der Waals surface area contributed by atoms with Gasteiger partial charge in [-0.15, -0.1) is 0 Å². The molecule has 0 N–H and O–H groups in total. The van der Waals surface area contributed by atoms with Gasteiger partial charge in [-0.25, -0.2) is 0 Å². The van der Waals surface area contributed by atoms with Crippen LogP contribution in [0.5, 0.6) is 0 Å². The van der Waals surface area contributed by atoms with Gasteiger partial charge in [0.25, 0.3) is 0 Å². The van der Waals surface area contributed by atoms with E-state index in [1.165, 1.54) is 38.3 Å². The Balaban J connectivity index is 1.82. The molecule has 3 aromatic rings. The largest absolute Gasteiger partial charge is 0.310 e. The maximum Gasteiger partial charge on any atom is 0.0543 e. The van der Waals surface area contributed by atoms with Crippen molar-refractivity contribution in [3.8, 4) is 5.69 Å². The molecule has 1 heterocycles. The number of rotatable bonds is 3. The maximum absolute atomic E-state index is 2.49. The molecule has 1 nitrogen and oxygen atoms in total. The van der Waals surface area contributed by atoms with E-state index < -0.39 is 0 Å². The first-order valence-corrected chi connectivity index (χ1v) is 11.7. The van der Waals surface area contributed by atoms with Crippen molar-refractivity contribution in [2.75, 3.05) is 0 Å². The Hall–Kier alpha value is -2.80. The molecule has 1 aromatic heterocycles. The van der Waals surface area contributed by atoms with E-state index in [9.17, 15) is 0 Å². The summed E-state index contributed by atoms with van der Waals surface area (Å²) in [6.07, 6.45) is 15.2. The van der Waals surface area contributed by atoms with Gasteiger partial charge in [-0.3, -0.25) is 0 Å². The third kappa shape index (κ3) is 3.22. The van der Waals surface area contributed by atoms with Crippen molar-refractivity contribution in [1.82, 2.24) is 4.57 Å². The van der Waals surface area contributed by atoms with E-state index in [2.05, 4.69) is 118 Å². The SMILES string of the molecule is Cc1cc2c3c(n(-c4ccccc4)c2cc1C(C)(C)C1C=CC=CC1C)=CC(C)CC=3. The highest BCUT2D eigenvalue weighted by Gasteiger charge is 2.35. The molecule has 1 heteroatoms. The summed E-state index contributed by atoms with van der Waals surface area (Å²) in [6, 6.07) is 15.8. The van der Waals surface area contributed by atoms with Crippen LogP contribution in [0.15, 0.2) is 66.8 Å². The first kappa shape index (κ1) is 20.1. The van der Waals surface area contributed by atoms with Crippen molar-refractivity contribution in [3.63, 3.8) is 0 Å². The van der Waals surface area contributed by atoms with Gasteiger partial charge in [0.2, 0.25) is 0 Å². The molecule has 2 aliphatic rings. The predicted molar refractivity (Wildman–Crippen MR) is 134 cm³/mol. The number of aryl methyl sites for hydroxylation is 1. The average molecular weight is 408 g/mol. The van der Waals surface area contributed by atoms with Crippen molar-refractivity contribution in [3.05, 3.63) is 88.5 Å². The van der Waals surface area contributed by atoms with Crippen LogP contribution in [0.3, 0.4) is 0 Å². The third-order valence-corrected chi connectivity index (χ3v) is 7.48. The molecular formula is C30H33N. The number of fused-ring (bicyclic) bond motifs is 3. The standard InChI is InChI=1S/C30H33N/c1-20-15-16-24-25-18-22(3)27(30(4,5)26-14-10-9-11-21(26)2)19-29(25)31(28(24)17-20)23-12-7-6-8-13-23/h6-14,16-21,26H,15H2,1-5H3. The van der Waals surface area contributed by atoms with Crippen LogP contribution in [0, 0.1) is 24.7 Å². The third-order valence-electron chi connectivity index (χ3n) is 7.48. The summed E-state index contributed by atoms with van der Waals surface area (Å²) in [7, 11) is 0. The summed E-state index contributed by atoms with van der Waals surface area (Å²) in [5, 5.41) is 4.13. The van der Waals surface area contributed by atoms with E-state index in [4.69, 9.17) is 0 Å². The number of aromatic nitrogens is 1. The Morgan fingerprint density at radius 2 is 1.71 bits per heavy atom. The minimum atomic E-state index is 0.0476. The lowest BCUT2D eigenvalue weighted by Crippen LogP contribution is -2.33. The van der Waals surface area contributed by atoms with Gasteiger partial charge >= 0.3 is 0 Å². The molecule has 158 valence electrons. The number of hydrogen-bond donors (Lipinski definition) is 0. The van der Waals surface area contributed by atoms with Gasteiger partial charge in [-0.2, -0.15) is 0 Å². The van der Waals surface area contributed by atoms with Gasteiger partial charge < -0.3 is 4.57 Å². The number of para-hydroxylation sites is 1. The molecule has 2 aliphatic carbocycles. The number of benzene rings is 2. The molecule has 31 heavy (non-hydrogen) atoms. The molecule has 2 aromatic carbocycles. The fourth-order valence-corrected chi connectivity index (χ4v) is 5.85. The molecule has 0 spiro atoms. The minimum absolute atomic E-state index is 0.0476. The predicted octanol–water partition coefficient (Wildman–Crippen LogP) is 6.20. The van der Waals surface area contributed by atoms with Gasteiger partial charge in [0, 0.05) is 16.3 Å². The van der Waals surface area contributed by atoms with E-state index in [1.54, 1.807) is 0 Å². The second-order valence-electron chi connectivity index (χ2n) is 10.1. The van der Waals surface area contributed by atoms with Crippen molar-refractivity contribution in [2.45, 2.75) is 46.5 Å². The lowest BCUT2D eigenvalue weighted by molar-refractivity contribution is 0.317. The number of nitrogens with zero attached hydrogens (tertiary/aromatic N) is 1. The van der Waals surface area contributed by atoms with Gasteiger partial charge in [-0.05, 0) is 71.9 Å².